The van der Waals surface area contributed by atoms with Gasteiger partial charge in [-0.1, -0.05) is 12.1 Å². The summed E-state index contributed by atoms with van der Waals surface area (Å²) in [6.45, 7) is 10.9. The Hall–Kier alpha value is -2.18. The van der Waals surface area contributed by atoms with Crippen LogP contribution in [0.4, 0.5) is 5.82 Å². The lowest BCUT2D eigenvalue weighted by atomic mass is 9.99. The third kappa shape index (κ3) is 4.54. The highest BCUT2D eigenvalue weighted by Crippen LogP contribution is 2.27. The van der Waals surface area contributed by atoms with E-state index in [2.05, 4.69) is 48.2 Å². The van der Waals surface area contributed by atoms with Crippen LogP contribution in [-0.2, 0) is 16.1 Å². The van der Waals surface area contributed by atoms with E-state index in [9.17, 15) is 4.79 Å². The number of likely N-dealkylation sites (tertiary alicyclic amines) is 1. The second kappa shape index (κ2) is 8.67. The van der Waals surface area contributed by atoms with E-state index >= 15 is 0 Å². The molecule has 2 aliphatic rings. The molecule has 0 unspecified atom stereocenters. The second-order valence-corrected chi connectivity index (χ2v) is 8.58. The molecule has 1 aromatic heterocycles. The molecule has 0 bridgehead atoms. The van der Waals surface area contributed by atoms with Crippen molar-refractivity contribution < 1.29 is 9.53 Å². The van der Waals surface area contributed by atoms with Crippen molar-refractivity contribution in [3.63, 3.8) is 0 Å². The van der Waals surface area contributed by atoms with Gasteiger partial charge in [-0.15, -0.1) is 0 Å². The smallest absolute Gasteiger partial charge is 0.231 e. The van der Waals surface area contributed by atoms with Gasteiger partial charge in [0.15, 0.2) is 0 Å². The minimum absolute atomic E-state index is 0.0404. The van der Waals surface area contributed by atoms with Gasteiger partial charge in [0, 0.05) is 32.3 Å². The Morgan fingerprint density at radius 2 is 1.90 bits per heavy atom. The van der Waals surface area contributed by atoms with Crippen molar-refractivity contribution in [3.05, 3.63) is 46.6 Å². The van der Waals surface area contributed by atoms with Crippen LogP contribution in [-0.4, -0.2) is 46.9 Å². The number of nitrogens with one attached hydrogen (secondary N) is 1. The molecule has 0 aliphatic carbocycles. The summed E-state index contributed by atoms with van der Waals surface area (Å²) in [6, 6.07) is 6.87. The third-order valence-electron chi connectivity index (χ3n) is 6.47. The fourth-order valence-corrected chi connectivity index (χ4v) is 4.43. The highest BCUT2D eigenvalue weighted by atomic mass is 16.5. The Kier molecular flexibility index (Phi) is 6.01. The lowest BCUT2D eigenvalue weighted by Crippen LogP contribution is -2.35. The maximum absolute atomic E-state index is 12.4. The van der Waals surface area contributed by atoms with E-state index in [1.165, 1.54) is 22.3 Å². The van der Waals surface area contributed by atoms with Crippen LogP contribution in [0, 0.1) is 26.7 Å². The predicted molar refractivity (Wildman–Crippen MR) is 114 cm³/mol. The molecule has 156 valence electrons. The van der Waals surface area contributed by atoms with Crippen LogP contribution >= 0.6 is 0 Å². The van der Waals surface area contributed by atoms with Crippen molar-refractivity contribution in [2.45, 2.75) is 52.6 Å². The van der Waals surface area contributed by atoms with E-state index in [0.717, 1.165) is 44.7 Å². The van der Waals surface area contributed by atoms with Crippen LogP contribution < -0.4 is 5.32 Å². The van der Waals surface area contributed by atoms with Gasteiger partial charge in [-0.25, -0.2) is 4.68 Å². The first-order valence-electron chi connectivity index (χ1n) is 10.7. The van der Waals surface area contributed by atoms with Crippen molar-refractivity contribution in [1.29, 1.82) is 0 Å². The molecule has 2 saturated heterocycles. The average molecular weight is 397 g/mol. The SMILES string of the molecule is Cc1cc(C)c(CN2CCC(n3nccc3NC(=O)[C@H]3CCOC3)CC2)cc1C. The maximum atomic E-state index is 12.4. The van der Waals surface area contributed by atoms with Gasteiger partial charge in [-0.05, 0) is 62.3 Å². The fourth-order valence-electron chi connectivity index (χ4n) is 4.43. The summed E-state index contributed by atoms with van der Waals surface area (Å²) in [5.41, 5.74) is 5.54. The summed E-state index contributed by atoms with van der Waals surface area (Å²) in [7, 11) is 0. The summed E-state index contributed by atoms with van der Waals surface area (Å²) in [4.78, 5) is 15.0. The molecule has 1 amide bonds. The number of carbonyl (C=O) groups is 1. The molecule has 6 nitrogen and oxygen atoms in total. The van der Waals surface area contributed by atoms with Crippen LogP contribution in [0.3, 0.4) is 0 Å². The Bertz CT molecular complexity index is 862. The van der Waals surface area contributed by atoms with Gasteiger partial charge in [-0.3, -0.25) is 9.69 Å². The van der Waals surface area contributed by atoms with Crippen molar-refractivity contribution >= 4 is 11.7 Å². The van der Waals surface area contributed by atoms with Crippen LogP contribution in [0.15, 0.2) is 24.4 Å². The summed E-state index contributed by atoms with van der Waals surface area (Å²) in [5, 5.41) is 7.58. The molecule has 1 aromatic carbocycles. The summed E-state index contributed by atoms with van der Waals surface area (Å²) in [5.74, 6) is 0.818. The maximum Gasteiger partial charge on any atom is 0.231 e. The average Bonchev–Trinajstić information content (AvgIpc) is 3.39. The monoisotopic (exact) mass is 396 g/mol. The number of carbonyl (C=O) groups excluding carboxylic acids is 1. The molecular weight excluding hydrogens is 364 g/mol. The Morgan fingerprint density at radius 3 is 2.62 bits per heavy atom. The molecular formula is C23H32N4O2. The van der Waals surface area contributed by atoms with E-state index in [1.807, 2.05) is 10.7 Å². The quantitative estimate of drug-likeness (QED) is 0.839. The predicted octanol–water partition coefficient (Wildman–Crippen LogP) is 3.62. The largest absolute Gasteiger partial charge is 0.381 e. The normalized spacial score (nSPS) is 20.9. The number of amides is 1. The number of anilines is 1. The van der Waals surface area contributed by atoms with E-state index in [4.69, 9.17) is 4.74 Å². The van der Waals surface area contributed by atoms with Gasteiger partial charge in [-0.2, -0.15) is 5.10 Å². The van der Waals surface area contributed by atoms with Crippen molar-refractivity contribution in [2.75, 3.05) is 31.6 Å². The van der Waals surface area contributed by atoms with E-state index in [1.54, 1.807) is 6.20 Å². The van der Waals surface area contributed by atoms with Crippen molar-refractivity contribution in [1.82, 2.24) is 14.7 Å². The number of ether oxygens (including phenoxy) is 1. The molecule has 29 heavy (non-hydrogen) atoms. The van der Waals surface area contributed by atoms with E-state index in [0.29, 0.717) is 19.3 Å². The topological polar surface area (TPSA) is 59.4 Å². The lowest BCUT2D eigenvalue weighted by molar-refractivity contribution is -0.119. The standard InChI is InChI=1S/C23H32N4O2/c1-16-12-18(3)20(13-17(16)2)14-26-9-5-21(6-10-26)27-22(4-8-24-27)25-23(28)19-7-11-29-15-19/h4,8,12-13,19,21H,5-7,9-11,14-15H2,1-3H3,(H,25,28)/t19-/m0/s1. The zero-order chi connectivity index (χ0) is 20.4. The van der Waals surface area contributed by atoms with E-state index in [-0.39, 0.29) is 11.8 Å². The number of nitrogens with zero attached hydrogens (tertiary/aromatic N) is 3. The van der Waals surface area contributed by atoms with Crippen LogP contribution in [0.2, 0.25) is 0 Å². The Labute approximate surface area is 173 Å². The summed E-state index contributed by atoms with van der Waals surface area (Å²) in [6.07, 6.45) is 4.67. The van der Waals surface area contributed by atoms with Crippen LogP contribution in [0.5, 0.6) is 0 Å². The molecule has 6 heteroatoms. The number of hydrogen-bond donors (Lipinski definition) is 1. The van der Waals surface area contributed by atoms with Gasteiger partial charge in [0.25, 0.3) is 0 Å². The molecule has 2 fully saturated rings. The Morgan fingerprint density at radius 1 is 1.14 bits per heavy atom. The summed E-state index contributed by atoms with van der Waals surface area (Å²) >= 11 is 0. The van der Waals surface area contributed by atoms with Crippen molar-refractivity contribution in [3.8, 4) is 0 Å². The van der Waals surface area contributed by atoms with Crippen molar-refractivity contribution in [2.24, 2.45) is 5.92 Å². The number of hydrogen-bond acceptors (Lipinski definition) is 4. The molecule has 2 aromatic rings. The molecule has 0 saturated carbocycles. The molecule has 4 rings (SSSR count). The number of aromatic nitrogens is 2. The summed E-state index contributed by atoms with van der Waals surface area (Å²) < 4.78 is 7.34. The molecule has 0 radical (unpaired) electrons. The highest BCUT2D eigenvalue weighted by Gasteiger charge is 2.27. The fraction of sp³-hybridized carbons (Fsp3) is 0.565. The third-order valence-corrected chi connectivity index (χ3v) is 6.47. The van der Waals surface area contributed by atoms with Gasteiger partial charge in [0.1, 0.15) is 5.82 Å². The zero-order valence-corrected chi connectivity index (χ0v) is 17.8. The molecule has 1 N–H and O–H groups in total. The number of rotatable bonds is 5. The first kappa shape index (κ1) is 20.1. The Balaban J connectivity index is 1.35. The highest BCUT2D eigenvalue weighted by molar-refractivity contribution is 5.92. The van der Waals surface area contributed by atoms with Gasteiger partial charge in [0.2, 0.25) is 5.91 Å². The minimum Gasteiger partial charge on any atom is -0.381 e. The van der Waals surface area contributed by atoms with Gasteiger partial charge < -0.3 is 10.1 Å². The van der Waals surface area contributed by atoms with Crippen LogP contribution in [0.25, 0.3) is 0 Å². The second-order valence-electron chi connectivity index (χ2n) is 8.58. The first-order valence-corrected chi connectivity index (χ1v) is 10.7. The van der Waals surface area contributed by atoms with Crippen LogP contribution in [0.1, 0.15) is 47.6 Å². The first-order chi connectivity index (χ1) is 14.0. The minimum atomic E-state index is -0.0404. The van der Waals surface area contributed by atoms with Gasteiger partial charge >= 0.3 is 0 Å². The molecule has 1 atom stereocenters. The van der Waals surface area contributed by atoms with Gasteiger partial charge in [0.05, 0.1) is 24.8 Å². The zero-order valence-electron chi connectivity index (χ0n) is 17.8. The van der Waals surface area contributed by atoms with E-state index < -0.39 is 0 Å². The molecule has 0 spiro atoms. The molecule has 2 aliphatic heterocycles. The lowest BCUT2D eigenvalue weighted by Gasteiger charge is -2.33. The number of benzene rings is 1. The molecule has 3 heterocycles. The number of piperidine rings is 1. The number of aryl methyl sites for hydroxylation is 3.